The average molecular weight is 641 g/mol. The summed E-state index contributed by atoms with van der Waals surface area (Å²) in [5, 5.41) is 8.99. The average Bonchev–Trinajstić information content (AvgIpc) is 3.84. The Kier molecular flexibility index (Phi) is 5.63. The van der Waals surface area contributed by atoms with Crippen molar-refractivity contribution in [2.45, 2.75) is 0 Å². The largest absolute Gasteiger partial charge is 0.456 e. The number of nitrogens with zero attached hydrogens (tertiary/aromatic N) is 2. The van der Waals surface area contributed by atoms with Crippen LogP contribution in [0, 0.1) is 0 Å². The van der Waals surface area contributed by atoms with Gasteiger partial charge in [0.25, 0.3) is 0 Å². The lowest BCUT2D eigenvalue weighted by Gasteiger charge is -2.27. The van der Waals surface area contributed by atoms with Crippen LogP contribution in [-0.2, 0) is 0 Å². The van der Waals surface area contributed by atoms with Crippen LogP contribution >= 0.6 is 0 Å². The zero-order chi connectivity index (χ0) is 32.8. The second kappa shape index (κ2) is 10.4. The fraction of sp³-hybridized carbons (Fsp3) is 0. The molecule has 4 heteroatoms. The molecule has 0 amide bonds. The van der Waals surface area contributed by atoms with Gasteiger partial charge in [0.05, 0.1) is 33.5 Å². The van der Waals surface area contributed by atoms with Crippen molar-refractivity contribution in [3.8, 4) is 5.69 Å². The molecule has 4 nitrogen and oxygen atoms in total. The number of rotatable bonds is 4. The van der Waals surface area contributed by atoms with Gasteiger partial charge in [-0.05, 0) is 77.5 Å². The summed E-state index contributed by atoms with van der Waals surface area (Å²) in [5.74, 6) is 0. The van der Waals surface area contributed by atoms with Crippen LogP contribution in [0.5, 0.6) is 0 Å². The van der Waals surface area contributed by atoms with E-state index in [1.165, 1.54) is 10.8 Å². The first-order valence-corrected chi connectivity index (χ1v) is 16.9. The lowest BCUT2D eigenvalue weighted by molar-refractivity contribution is 0.668. The van der Waals surface area contributed by atoms with Crippen LogP contribution in [0.15, 0.2) is 179 Å². The summed E-state index contributed by atoms with van der Waals surface area (Å²) in [4.78, 5) is 2.39. The number of aromatic nitrogens is 1. The molecule has 0 bridgehead atoms. The molecule has 0 unspecified atom stereocenters. The van der Waals surface area contributed by atoms with Gasteiger partial charge in [-0.15, -0.1) is 0 Å². The smallest absolute Gasteiger partial charge is 0.159 e. The van der Waals surface area contributed by atoms with E-state index in [1.54, 1.807) is 0 Å². The van der Waals surface area contributed by atoms with E-state index in [9.17, 15) is 0 Å². The first kappa shape index (κ1) is 27.2. The summed E-state index contributed by atoms with van der Waals surface area (Å²) >= 11 is 0. The van der Waals surface area contributed by atoms with Crippen molar-refractivity contribution in [3.05, 3.63) is 170 Å². The lowest BCUT2D eigenvalue weighted by atomic mass is 10.0. The van der Waals surface area contributed by atoms with Crippen molar-refractivity contribution in [3.63, 3.8) is 0 Å². The van der Waals surface area contributed by atoms with Gasteiger partial charge < -0.3 is 18.3 Å². The number of benzene rings is 8. The zero-order valence-corrected chi connectivity index (χ0v) is 26.9. The first-order valence-electron chi connectivity index (χ1n) is 16.9. The van der Waals surface area contributed by atoms with Crippen LogP contribution in [0.2, 0.25) is 0 Å². The zero-order valence-electron chi connectivity index (χ0n) is 26.9. The number of furan rings is 2. The van der Waals surface area contributed by atoms with Gasteiger partial charge in [-0.2, -0.15) is 0 Å². The van der Waals surface area contributed by atoms with Gasteiger partial charge >= 0.3 is 0 Å². The van der Waals surface area contributed by atoms with Crippen LogP contribution in [0.4, 0.5) is 17.1 Å². The minimum Gasteiger partial charge on any atom is -0.456 e. The number of fused-ring (bicyclic) bond motifs is 10. The number of para-hydroxylation sites is 4. The molecule has 0 radical (unpaired) electrons. The normalized spacial score (nSPS) is 12.0. The molecule has 234 valence electrons. The monoisotopic (exact) mass is 640 g/mol. The van der Waals surface area contributed by atoms with Gasteiger partial charge in [-0.3, -0.25) is 0 Å². The van der Waals surface area contributed by atoms with Crippen LogP contribution in [-0.4, -0.2) is 4.57 Å². The van der Waals surface area contributed by atoms with Crippen molar-refractivity contribution in [1.82, 2.24) is 4.57 Å². The maximum absolute atomic E-state index is 6.75. The molecular formula is C46H28N2O2. The molecule has 0 saturated heterocycles. The van der Waals surface area contributed by atoms with E-state index in [0.717, 1.165) is 88.4 Å². The van der Waals surface area contributed by atoms with E-state index in [-0.39, 0.29) is 0 Å². The first-order chi connectivity index (χ1) is 24.8. The second-order valence-electron chi connectivity index (χ2n) is 12.9. The van der Waals surface area contributed by atoms with Gasteiger partial charge in [-0.25, -0.2) is 0 Å². The molecule has 3 aromatic heterocycles. The molecule has 0 fully saturated rings. The molecule has 3 heterocycles. The minimum absolute atomic E-state index is 0.841. The lowest BCUT2D eigenvalue weighted by Crippen LogP contribution is -2.11. The minimum atomic E-state index is 0.841. The maximum Gasteiger partial charge on any atom is 0.159 e. The van der Waals surface area contributed by atoms with E-state index in [2.05, 4.69) is 167 Å². The van der Waals surface area contributed by atoms with Crippen LogP contribution in [0.3, 0.4) is 0 Å². The highest BCUT2D eigenvalue weighted by Crippen LogP contribution is 2.50. The van der Waals surface area contributed by atoms with Gasteiger partial charge in [0.2, 0.25) is 0 Å². The summed E-state index contributed by atoms with van der Waals surface area (Å²) in [7, 11) is 0. The number of anilines is 3. The van der Waals surface area contributed by atoms with Crippen LogP contribution in [0.25, 0.3) is 82.1 Å². The Morgan fingerprint density at radius 2 is 1.00 bits per heavy atom. The highest BCUT2D eigenvalue weighted by atomic mass is 16.3. The SMILES string of the molecule is c1ccc(-n2c3ccccc3c3c(N(c4cccc5c4oc4ccccc45)c4cccc5oc6cc7ccccc7cc6c45)cccc32)cc1. The predicted octanol–water partition coefficient (Wildman–Crippen LogP) is 13.2. The highest BCUT2D eigenvalue weighted by Gasteiger charge is 2.26. The van der Waals surface area contributed by atoms with Crippen LogP contribution < -0.4 is 4.90 Å². The molecule has 8 aromatic carbocycles. The number of hydrogen-bond donors (Lipinski definition) is 0. The summed E-state index contributed by atoms with van der Waals surface area (Å²) in [6.45, 7) is 0. The molecule has 50 heavy (non-hydrogen) atoms. The molecule has 11 aromatic rings. The second-order valence-corrected chi connectivity index (χ2v) is 12.9. The van der Waals surface area contributed by atoms with Crippen LogP contribution in [0.1, 0.15) is 0 Å². The molecule has 11 rings (SSSR count). The highest BCUT2D eigenvalue weighted by molar-refractivity contribution is 6.22. The standard InChI is InChI=1S/C46H28N2O2/c1-2-15-31(16-3-1)47-36-20-8-6-18-34(36)44-37(47)21-11-22-38(44)48(40-24-10-19-33-32-17-7-9-25-41(32)50-46(33)40)39-23-12-26-42-45(39)35-27-29-13-4-5-14-30(29)28-43(35)49-42/h1-28H. The Balaban J connectivity index is 1.31. The third-order valence-corrected chi connectivity index (χ3v) is 10.1. The van der Waals surface area contributed by atoms with Crippen molar-refractivity contribution in [2.75, 3.05) is 4.90 Å². The summed E-state index contributed by atoms with van der Waals surface area (Å²) < 4.78 is 15.7. The van der Waals surface area contributed by atoms with E-state index in [4.69, 9.17) is 8.83 Å². The van der Waals surface area contributed by atoms with Crippen molar-refractivity contribution >= 4 is 93.5 Å². The van der Waals surface area contributed by atoms with Gasteiger partial charge in [0, 0.05) is 32.6 Å². The summed E-state index contributed by atoms with van der Waals surface area (Å²) in [6, 6.07) is 60.0. The Morgan fingerprint density at radius 1 is 0.380 bits per heavy atom. The Hall–Kier alpha value is -6.78. The van der Waals surface area contributed by atoms with Crippen molar-refractivity contribution < 1.29 is 8.83 Å². The molecule has 0 saturated carbocycles. The molecule has 0 atom stereocenters. The molecule has 0 spiro atoms. The molecule has 0 N–H and O–H groups in total. The Bertz CT molecular complexity index is 3110. The van der Waals surface area contributed by atoms with E-state index in [1.807, 2.05) is 12.1 Å². The molecule has 0 aliphatic carbocycles. The third-order valence-electron chi connectivity index (χ3n) is 10.1. The van der Waals surface area contributed by atoms with E-state index < -0.39 is 0 Å². The fourth-order valence-corrected chi connectivity index (χ4v) is 8.02. The molecule has 0 aliphatic rings. The Morgan fingerprint density at radius 3 is 1.88 bits per heavy atom. The van der Waals surface area contributed by atoms with Gasteiger partial charge in [0.15, 0.2) is 5.58 Å². The molecule has 0 aliphatic heterocycles. The van der Waals surface area contributed by atoms with Crippen molar-refractivity contribution in [1.29, 1.82) is 0 Å². The fourth-order valence-electron chi connectivity index (χ4n) is 8.02. The van der Waals surface area contributed by atoms with Gasteiger partial charge in [0.1, 0.15) is 16.7 Å². The summed E-state index contributed by atoms with van der Waals surface area (Å²) in [6.07, 6.45) is 0. The van der Waals surface area contributed by atoms with Crippen molar-refractivity contribution in [2.24, 2.45) is 0 Å². The topological polar surface area (TPSA) is 34.5 Å². The Labute approximate surface area is 286 Å². The maximum atomic E-state index is 6.75. The predicted molar refractivity (Wildman–Crippen MR) is 208 cm³/mol. The summed E-state index contributed by atoms with van der Waals surface area (Å²) in [5.41, 5.74) is 9.87. The van der Waals surface area contributed by atoms with Gasteiger partial charge in [-0.1, -0.05) is 103 Å². The quantitative estimate of drug-likeness (QED) is 0.192. The molecular weight excluding hydrogens is 613 g/mol. The number of hydrogen-bond acceptors (Lipinski definition) is 3. The third kappa shape index (κ3) is 3.81. The van der Waals surface area contributed by atoms with E-state index >= 15 is 0 Å². The van der Waals surface area contributed by atoms with E-state index in [0.29, 0.717) is 0 Å².